The Morgan fingerprint density at radius 3 is 2.82 bits per heavy atom. The van der Waals surface area contributed by atoms with Crippen LogP contribution in [0.3, 0.4) is 0 Å². The third kappa shape index (κ3) is 3.77. The summed E-state index contributed by atoms with van der Waals surface area (Å²) < 4.78 is 2.39. The zero-order valence-corrected chi connectivity index (χ0v) is 16.5. The Bertz CT molecular complexity index is 976. The molecule has 3 aromatic rings. The van der Waals surface area contributed by atoms with Gasteiger partial charge in [0, 0.05) is 30.3 Å². The number of fused-ring (bicyclic) bond motifs is 1. The van der Waals surface area contributed by atoms with Crippen LogP contribution in [0.1, 0.15) is 37.4 Å². The van der Waals surface area contributed by atoms with Crippen LogP contribution in [0.5, 0.6) is 5.75 Å². The van der Waals surface area contributed by atoms with Gasteiger partial charge in [-0.15, -0.1) is 0 Å². The first-order valence-electron chi connectivity index (χ1n) is 10.3. The lowest BCUT2D eigenvalue weighted by molar-refractivity contribution is -0.131. The number of aromatic hydroxyl groups is 1. The minimum atomic E-state index is 0.170. The molecule has 4 nitrogen and oxygen atoms in total. The van der Waals surface area contributed by atoms with Gasteiger partial charge in [-0.25, -0.2) is 0 Å². The fourth-order valence-electron chi connectivity index (χ4n) is 4.57. The number of aryl methyl sites for hydroxylation is 2. The van der Waals surface area contributed by atoms with Crippen LogP contribution >= 0.6 is 0 Å². The number of hydrogen-bond donors (Lipinski definition) is 1. The minimum Gasteiger partial charge on any atom is -0.508 e. The molecule has 1 aliphatic rings. The van der Waals surface area contributed by atoms with Crippen molar-refractivity contribution in [3.63, 3.8) is 0 Å². The van der Waals surface area contributed by atoms with Gasteiger partial charge in [0.15, 0.2) is 0 Å². The van der Waals surface area contributed by atoms with Crippen LogP contribution in [0, 0.1) is 0 Å². The quantitative estimate of drug-likeness (QED) is 0.687. The molecule has 1 N–H and O–H groups in total. The normalized spacial score (nSPS) is 16.8. The van der Waals surface area contributed by atoms with Crippen molar-refractivity contribution in [1.82, 2.24) is 9.47 Å². The van der Waals surface area contributed by atoms with Gasteiger partial charge in [0.2, 0.25) is 5.91 Å². The number of nitrogens with zero attached hydrogens (tertiary/aromatic N) is 2. The second-order valence-corrected chi connectivity index (χ2v) is 7.71. The second kappa shape index (κ2) is 8.09. The first kappa shape index (κ1) is 18.6. The number of hydrogen-bond acceptors (Lipinski definition) is 2. The maximum absolute atomic E-state index is 12.9. The van der Waals surface area contributed by atoms with E-state index in [1.165, 1.54) is 16.6 Å². The van der Waals surface area contributed by atoms with E-state index < -0.39 is 0 Å². The molecular weight excluding hydrogens is 348 g/mol. The highest BCUT2D eigenvalue weighted by atomic mass is 16.3. The molecule has 0 spiro atoms. The molecule has 0 saturated carbocycles. The van der Waals surface area contributed by atoms with Crippen LogP contribution in [0.25, 0.3) is 10.9 Å². The third-order valence-electron chi connectivity index (χ3n) is 5.91. The van der Waals surface area contributed by atoms with Crippen LogP contribution in [-0.4, -0.2) is 33.1 Å². The monoisotopic (exact) mass is 376 g/mol. The first-order chi connectivity index (χ1) is 13.7. The molecule has 0 unspecified atom stereocenters. The fraction of sp³-hybridized carbons (Fsp3) is 0.375. The number of phenols is 1. The summed E-state index contributed by atoms with van der Waals surface area (Å²) in [5.74, 6) is 0.389. The fourth-order valence-corrected chi connectivity index (χ4v) is 4.57. The van der Waals surface area contributed by atoms with E-state index in [9.17, 15) is 9.90 Å². The van der Waals surface area contributed by atoms with Gasteiger partial charge in [0.1, 0.15) is 5.75 Å². The number of benzene rings is 2. The summed E-state index contributed by atoms with van der Waals surface area (Å²) in [7, 11) is 0. The smallest absolute Gasteiger partial charge is 0.227 e. The summed E-state index contributed by atoms with van der Waals surface area (Å²) in [6, 6.07) is 18.2. The average Bonchev–Trinajstić information content (AvgIpc) is 3.30. The molecule has 1 amide bonds. The SMILES string of the molecule is CCn1c(CC[C@@H]2CCCN2C(=O)Cc2cccc(O)c2)cc2ccccc21. The number of aromatic nitrogens is 1. The van der Waals surface area contributed by atoms with Gasteiger partial charge in [-0.2, -0.15) is 0 Å². The lowest BCUT2D eigenvalue weighted by Gasteiger charge is -2.25. The topological polar surface area (TPSA) is 45.5 Å². The van der Waals surface area contributed by atoms with E-state index in [4.69, 9.17) is 0 Å². The molecule has 146 valence electrons. The van der Waals surface area contributed by atoms with E-state index in [1.807, 2.05) is 6.07 Å². The molecule has 1 saturated heterocycles. The Hall–Kier alpha value is -2.75. The Morgan fingerprint density at radius 2 is 2.00 bits per heavy atom. The molecular formula is C24H28N2O2. The highest BCUT2D eigenvalue weighted by molar-refractivity contribution is 5.81. The molecule has 1 aliphatic heterocycles. The maximum Gasteiger partial charge on any atom is 0.227 e. The molecule has 0 radical (unpaired) electrons. The summed E-state index contributed by atoms with van der Waals surface area (Å²) >= 11 is 0. The van der Waals surface area contributed by atoms with Crippen molar-refractivity contribution < 1.29 is 9.90 Å². The van der Waals surface area contributed by atoms with Crippen molar-refractivity contribution in [3.8, 4) is 5.75 Å². The summed E-state index contributed by atoms with van der Waals surface area (Å²) in [5, 5.41) is 10.9. The van der Waals surface area contributed by atoms with E-state index in [1.54, 1.807) is 18.2 Å². The Labute approximate surface area is 166 Å². The molecule has 1 fully saturated rings. The van der Waals surface area contributed by atoms with Crippen molar-refractivity contribution in [2.75, 3.05) is 6.54 Å². The number of phenolic OH excluding ortho intramolecular Hbond substituents is 1. The standard InChI is InChI=1S/C24H28N2O2/c1-2-25-21(17-19-8-3-4-11-23(19)25)13-12-20-9-6-14-26(20)24(28)16-18-7-5-10-22(27)15-18/h3-5,7-8,10-11,15,17,20,27H,2,6,9,12-14,16H2,1H3/t20-/m0/s1. The maximum atomic E-state index is 12.9. The molecule has 4 heteroatoms. The van der Waals surface area contributed by atoms with Gasteiger partial charge in [-0.3, -0.25) is 4.79 Å². The van der Waals surface area contributed by atoms with Gasteiger partial charge in [0.25, 0.3) is 0 Å². The molecule has 28 heavy (non-hydrogen) atoms. The molecule has 1 atom stereocenters. The number of likely N-dealkylation sites (tertiary alicyclic amines) is 1. The average molecular weight is 377 g/mol. The van der Waals surface area contributed by atoms with Gasteiger partial charge in [0.05, 0.1) is 6.42 Å². The summed E-state index contributed by atoms with van der Waals surface area (Å²) in [6.45, 7) is 4.00. The summed E-state index contributed by atoms with van der Waals surface area (Å²) in [6.07, 6.45) is 4.51. The number of para-hydroxylation sites is 1. The van der Waals surface area contributed by atoms with Crippen molar-refractivity contribution in [1.29, 1.82) is 0 Å². The van der Waals surface area contributed by atoms with Crippen LogP contribution in [0.2, 0.25) is 0 Å². The van der Waals surface area contributed by atoms with E-state index in [2.05, 4.69) is 46.7 Å². The molecule has 0 bridgehead atoms. The van der Waals surface area contributed by atoms with Crippen LogP contribution in [-0.2, 0) is 24.2 Å². The van der Waals surface area contributed by atoms with E-state index in [0.29, 0.717) is 12.5 Å². The Morgan fingerprint density at radius 1 is 1.14 bits per heavy atom. The number of amides is 1. The van der Waals surface area contributed by atoms with Gasteiger partial charge in [-0.1, -0.05) is 30.3 Å². The van der Waals surface area contributed by atoms with Gasteiger partial charge >= 0.3 is 0 Å². The second-order valence-electron chi connectivity index (χ2n) is 7.71. The van der Waals surface area contributed by atoms with E-state index in [0.717, 1.165) is 44.3 Å². The zero-order valence-electron chi connectivity index (χ0n) is 16.5. The lowest BCUT2D eigenvalue weighted by Crippen LogP contribution is -2.36. The first-order valence-corrected chi connectivity index (χ1v) is 10.3. The number of carbonyl (C=O) groups excluding carboxylic acids is 1. The Balaban J connectivity index is 1.44. The van der Waals surface area contributed by atoms with Crippen LogP contribution < -0.4 is 0 Å². The number of carbonyl (C=O) groups is 1. The molecule has 1 aromatic heterocycles. The summed E-state index contributed by atoms with van der Waals surface area (Å²) in [4.78, 5) is 14.9. The lowest BCUT2D eigenvalue weighted by atomic mass is 10.1. The number of rotatable bonds is 6. The highest BCUT2D eigenvalue weighted by Crippen LogP contribution is 2.26. The molecule has 0 aliphatic carbocycles. The minimum absolute atomic E-state index is 0.170. The van der Waals surface area contributed by atoms with Crippen molar-refractivity contribution in [2.45, 2.75) is 51.6 Å². The molecule has 2 heterocycles. The highest BCUT2D eigenvalue weighted by Gasteiger charge is 2.28. The van der Waals surface area contributed by atoms with E-state index >= 15 is 0 Å². The van der Waals surface area contributed by atoms with Crippen LogP contribution in [0.15, 0.2) is 54.6 Å². The largest absolute Gasteiger partial charge is 0.508 e. The summed E-state index contributed by atoms with van der Waals surface area (Å²) in [5.41, 5.74) is 3.53. The third-order valence-corrected chi connectivity index (χ3v) is 5.91. The van der Waals surface area contributed by atoms with Gasteiger partial charge in [-0.05, 0) is 67.8 Å². The zero-order chi connectivity index (χ0) is 19.5. The predicted octanol–water partition coefficient (Wildman–Crippen LogP) is 4.53. The molecule has 4 rings (SSSR count). The molecule has 2 aromatic carbocycles. The Kier molecular flexibility index (Phi) is 5.38. The van der Waals surface area contributed by atoms with Crippen LogP contribution in [0.4, 0.5) is 0 Å². The van der Waals surface area contributed by atoms with Crippen molar-refractivity contribution >= 4 is 16.8 Å². The van der Waals surface area contributed by atoms with Crippen molar-refractivity contribution in [3.05, 3.63) is 65.9 Å². The van der Waals surface area contributed by atoms with E-state index in [-0.39, 0.29) is 11.7 Å². The van der Waals surface area contributed by atoms with Gasteiger partial charge < -0.3 is 14.6 Å². The van der Waals surface area contributed by atoms with Crippen molar-refractivity contribution in [2.24, 2.45) is 0 Å². The predicted molar refractivity (Wildman–Crippen MR) is 112 cm³/mol.